The maximum atomic E-state index is 10.3. The SMILES string of the molecule is O=C(O)[C@@H]1C=CC[C@H](O)C1.O=C(O)c1ccc(CO)cc1. The minimum absolute atomic E-state index is 0.0557. The Morgan fingerprint density at radius 2 is 1.76 bits per heavy atom. The fourth-order valence-electron chi connectivity index (χ4n) is 1.80. The highest BCUT2D eigenvalue weighted by molar-refractivity contribution is 5.87. The first-order chi connectivity index (χ1) is 9.93. The van der Waals surface area contributed by atoms with E-state index in [9.17, 15) is 9.59 Å². The highest BCUT2D eigenvalue weighted by Gasteiger charge is 2.20. The van der Waals surface area contributed by atoms with E-state index in [1.165, 1.54) is 12.1 Å². The number of aliphatic hydroxyl groups is 2. The Morgan fingerprint density at radius 1 is 1.14 bits per heavy atom. The van der Waals surface area contributed by atoms with E-state index < -0.39 is 24.0 Å². The molecule has 0 aromatic heterocycles. The molecule has 114 valence electrons. The maximum absolute atomic E-state index is 10.3. The molecule has 4 N–H and O–H groups in total. The number of carbonyl (C=O) groups is 2. The predicted molar refractivity (Wildman–Crippen MR) is 74.8 cm³/mol. The van der Waals surface area contributed by atoms with Crippen molar-refractivity contribution in [3.8, 4) is 0 Å². The van der Waals surface area contributed by atoms with Crippen LogP contribution < -0.4 is 0 Å². The van der Waals surface area contributed by atoms with Gasteiger partial charge in [0.15, 0.2) is 0 Å². The summed E-state index contributed by atoms with van der Waals surface area (Å²) in [5.41, 5.74) is 0.956. The molecule has 1 aliphatic carbocycles. The van der Waals surface area contributed by atoms with Crippen LogP contribution in [0.1, 0.15) is 28.8 Å². The summed E-state index contributed by atoms with van der Waals surface area (Å²) in [5.74, 6) is -2.28. The van der Waals surface area contributed by atoms with Crippen LogP contribution in [0.2, 0.25) is 0 Å². The van der Waals surface area contributed by atoms with E-state index in [4.69, 9.17) is 20.4 Å². The van der Waals surface area contributed by atoms with Crippen LogP contribution in [0.15, 0.2) is 36.4 Å². The van der Waals surface area contributed by atoms with E-state index in [0.717, 1.165) is 5.56 Å². The Hall–Kier alpha value is -2.18. The van der Waals surface area contributed by atoms with Crippen LogP contribution in [-0.2, 0) is 11.4 Å². The van der Waals surface area contributed by atoms with Crippen molar-refractivity contribution in [3.05, 3.63) is 47.5 Å². The molecule has 2 atom stereocenters. The van der Waals surface area contributed by atoms with Crippen LogP contribution in [0, 0.1) is 5.92 Å². The Labute approximate surface area is 122 Å². The topological polar surface area (TPSA) is 115 Å². The number of carboxylic acids is 2. The van der Waals surface area contributed by atoms with E-state index in [-0.39, 0.29) is 12.2 Å². The average molecular weight is 294 g/mol. The van der Waals surface area contributed by atoms with Gasteiger partial charge in [0.2, 0.25) is 0 Å². The highest BCUT2D eigenvalue weighted by atomic mass is 16.4. The second kappa shape index (κ2) is 8.18. The Morgan fingerprint density at radius 3 is 2.14 bits per heavy atom. The lowest BCUT2D eigenvalue weighted by atomic mass is 9.94. The fraction of sp³-hybridized carbons (Fsp3) is 0.333. The highest BCUT2D eigenvalue weighted by Crippen LogP contribution is 2.17. The van der Waals surface area contributed by atoms with Crippen LogP contribution in [0.3, 0.4) is 0 Å². The largest absolute Gasteiger partial charge is 0.481 e. The first-order valence-electron chi connectivity index (χ1n) is 6.44. The molecule has 1 aliphatic rings. The second-order valence-electron chi connectivity index (χ2n) is 4.66. The summed E-state index contributed by atoms with van der Waals surface area (Å²) < 4.78 is 0. The molecule has 0 saturated heterocycles. The van der Waals surface area contributed by atoms with Gasteiger partial charge in [0.1, 0.15) is 0 Å². The summed E-state index contributed by atoms with van der Waals surface area (Å²) in [6.45, 7) is -0.0557. The third-order valence-electron chi connectivity index (χ3n) is 3.00. The fourth-order valence-corrected chi connectivity index (χ4v) is 1.80. The maximum Gasteiger partial charge on any atom is 0.335 e. The Kier molecular flexibility index (Phi) is 6.58. The van der Waals surface area contributed by atoms with E-state index in [2.05, 4.69) is 0 Å². The van der Waals surface area contributed by atoms with Gasteiger partial charge in [-0.05, 0) is 30.5 Å². The van der Waals surface area contributed by atoms with Gasteiger partial charge in [0.05, 0.1) is 24.2 Å². The molecule has 21 heavy (non-hydrogen) atoms. The molecule has 0 bridgehead atoms. The van der Waals surface area contributed by atoms with Crippen molar-refractivity contribution in [3.63, 3.8) is 0 Å². The number of aliphatic carboxylic acids is 1. The van der Waals surface area contributed by atoms with Crippen molar-refractivity contribution in [2.75, 3.05) is 0 Å². The number of benzene rings is 1. The number of aliphatic hydroxyl groups excluding tert-OH is 2. The molecule has 1 aromatic rings. The summed E-state index contributed by atoms with van der Waals surface area (Å²) >= 11 is 0. The molecule has 0 fully saturated rings. The zero-order valence-corrected chi connectivity index (χ0v) is 11.3. The van der Waals surface area contributed by atoms with E-state index in [1.54, 1.807) is 24.3 Å². The van der Waals surface area contributed by atoms with Gasteiger partial charge in [-0.3, -0.25) is 4.79 Å². The molecule has 1 aromatic carbocycles. The minimum atomic E-state index is -0.950. The number of hydrogen-bond acceptors (Lipinski definition) is 4. The number of aromatic carboxylic acids is 1. The molecule has 0 radical (unpaired) electrons. The monoisotopic (exact) mass is 294 g/mol. The van der Waals surface area contributed by atoms with Crippen molar-refractivity contribution in [1.29, 1.82) is 0 Å². The standard InChI is InChI=1S/C8H8O3.C7H10O3/c9-5-6-1-3-7(4-2-6)8(10)11;8-6-3-1-2-5(4-6)7(9)10/h1-4,9H,5H2,(H,10,11);1-2,5-6,8H,3-4H2,(H,9,10)/t;5-,6+/m.1/s1. The number of rotatable bonds is 3. The van der Waals surface area contributed by atoms with Crippen molar-refractivity contribution >= 4 is 11.9 Å². The smallest absolute Gasteiger partial charge is 0.335 e. The normalized spacial score (nSPS) is 20.3. The molecular formula is C15H18O6. The van der Waals surface area contributed by atoms with Crippen LogP contribution >= 0.6 is 0 Å². The van der Waals surface area contributed by atoms with E-state index in [0.29, 0.717) is 12.8 Å². The third-order valence-corrected chi connectivity index (χ3v) is 3.00. The van der Waals surface area contributed by atoms with Gasteiger partial charge in [-0.2, -0.15) is 0 Å². The van der Waals surface area contributed by atoms with Crippen LogP contribution in [0.25, 0.3) is 0 Å². The van der Waals surface area contributed by atoms with Gasteiger partial charge >= 0.3 is 11.9 Å². The molecule has 0 saturated carbocycles. The predicted octanol–water partition coefficient (Wildman–Crippen LogP) is 1.28. The molecule has 6 nitrogen and oxygen atoms in total. The zero-order valence-electron chi connectivity index (χ0n) is 11.3. The van der Waals surface area contributed by atoms with Crippen molar-refractivity contribution in [2.45, 2.75) is 25.6 Å². The summed E-state index contributed by atoms with van der Waals surface area (Å²) in [7, 11) is 0. The molecule has 0 unspecified atom stereocenters. The van der Waals surface area contributed by atoms with Gasteiger partial charge in [-0.1, -0.05) is 24.3 Å². The van der Waals surface area contributed by atoms with Crippen LogP contribution in [0.5, 0.6) is 0 Å². The lowest BCUT2D eigenvalue weighted by Crippen LogP contribution is -2.21. The quantitative estimate of drug-likeness (QED) is 0.624. The minimum Gasteiger partial charge on any atom is -0.481 e. The first-order valence-corrected chi connectivity index (χ1v) is 6.44. The number of carboxylic acid groups (broad SMARTS) is 2. The van der Waals surface area contributed by atoms with E-state index in [1.807, 2.05) is 0 Å². The first kappa shape index (κ1) is 16.9. The molecule has 0 amide bonds. The van der Waals surface area contributed by atoms with Crippen LogP contribution in [-0.4, -0.2) is 38.5 Å². The third kappa shape index (κ3) is 5.76. The zero-order chi connectivity index (χ0) is 15.8. The molecule has 0 heterocycles. The van der Waals surface area contributed by atoms with Gasteiger partial charge in [-0.15, -0.1) is 0 Å². The molecule has 6 heteroatoms. The van der Waals surface area contributed by atoms with Gasteiger partial charge < -0.3 is 20.4 Å². The lowest BCUT2D eigenvalue weighted by Gasteiger charge is -2.16. The van der Waals surface area contributed by atoms with E-state index >= 15 is 0 Å². The number of hydrogen-bond donors (Lipinski definition) is 4. The lowest BCUT2D eigenvalue weighted by molar-refractivity contribution is -0.141. The average Bonchev–Trinajstić information content (AvgIpc) is 2.48. The van der Waals surface area contributed by atoms with Gasteiger partial charge in [0, 0.05) is 0 Å². The molecule has 0 aliphatic heterocycles. The molecular weight excluding hydrogens is 276 g/mol. The van der Waals surface area contributed by atoms with Crippen LogP contribution in [0.4, 0.5) is 0 Å². The summed E-state index contributed by atoms with van der Waals surface area (Å²) in [6.07, 6.45) is 3.82. The Bertz CT molecular complexity index is 505. The van der Waals surface area contributed by atoms with Gasteiger partial charge in [-0.25, -0.2) is 4.79 Å². The Balaban J connectivity index is 0.000000211. The summed E-state index contributed by atoms with van der Waals surface area (Å²) in [5, 5.41) is 34.6. The van der Waals surface area contributed by atoms with Gasteiger partial charge in [0.25, 0.3) is 0 Å². The second-order valence-corrected chi connectivity index (χ2v) is 4.66. The summed E-state index contributed by atoms with van der Waals surface area (Å²) in [4.78, 5) is 20.7. The van der Waals surface area contributed by atoms with Crippen molar-refractivity contribution in [2.24, 2.45) is 5.92 Å². The van der Waals surface area contributed by atoms with Crippen molar-refractivity contribution < 1.29 is 30.0 Å². The molecule has 0 spiro atoms. The van der Waals surface area contributed by atoms with Crippen molar-refractivity contribution in [1.82, 2.24) is 0 Å². The summed E-state index contributed by atoms with van der Waals surface area (Å²) in [6, 6.07) is 6.11. The molecule has 2 rings (SSSR count).